The van der Waals surface area contributed by atoms with Gasteiger partial charge in [0.15, 0.2) is 5.11 Å². The highest BCUT2D eigenvalue weighted by Gasteiger charge is 2.23. The number of anilines is 2. The number of carbonyl (C=O) groups is 1. The Bertz CT molecular complexity index is 973. The summed E-state index contributed by atoms with van der Waals surface area (Å²) in [6.07, 6.45) is 0.815. The number of hydrogen-bond donors (Lipinski definition) is 2. The summed E-state index contributed by atoms with van der Waals surface area (Å²) in [4.78, 5) is 25.7. The first-order valence-electron chi connectivity index (χ1n) is 9.72. The minimum Gasteiger partial charge on any atom is -0.378 e. The first-order chi connectivity index (χ1) is 14.4. The zero-order valence-corrected chi connectivity index (χ0v) is 17.8. The maximum Gasteiger partial charge on any atom is 0.293 e. The molecule has 1 aliphatic rings. The Morgan fingerprint density at radius 3 is 2.67 bits per heavy atom. The Kier molecular flexibility index (Phi) is 6.96. The van der Waals surface area contributed by atoms with Gasteiger partial charge in [-0.3, -0.25) is 20.2 Å². The van der Waals surface area contributed by atoms with Gasteiger partial charge >= 0.3 is 0 Å². The van der Waals surface area contributed by atoms with E-state index in [-0.39, 0.29) is 16.4 Å². The van der Waals surface area contributed by atoms with Gasteiger partial charge in [0, 0.05) is 30.4 Å². The van der Waals surface area contributed by atoms with E-state index in [0.29, 0.717) is 32.0 Å². The van der Waals surface area contributed by atoms with Crippen LogP contribution in [0.15, 0.2) is 36.4 Å². The van der Waals surface area contributed by atoms with E-state index in [4.69, 9.17) is 17.0 Å². The van der Waals surface area contributed by atoms with Crippen molar-refractivity contribution in [2.75, 3.05) is 36.5 Å². The molecule has 1 amide bonds. The van der Waals surface area contributed by atoms with E-state index in [2.05, 4.69) is 10.6 Å². The van der Waals surface area contributed by atoms with Gasteiger partial charge in [-0.2, -0.15) is 0 Å². The van der Waals surface area contributed by atoms with Gasteiger partial charge in [0.1, 0.15) is 5.69 Å². The van der Waals surface area contributed by atoms with Crippen LogP contribution in [-0.4, -0.2) is 42.2 Å². The van der Waals surface area contributed by atoms with Gasteiger partial charge in [0.2, 0.25) is 0 Å². The van der Waals surface area contributed by atoms with Crippen LogP contribution in [0.4, 0.5) is 17.1 Å². The molecule has 0 bridgehead atoms. The van der Waals surface area contributed by atoms with Crippen LogP contribution in [0, 0.1) is 17.0 Å². The Morgan fingerprint density at radius 2 is 2.00 bits per heavy atom. The van der Waals surface area contributed by atoms with Crippen molar-refractivity contribution < 1.29 is 14.5 Å². The average molecular weight is 429 g/mol. The van der Waals surface area contributed by atoms with Crippen LogP contribution in [0.1, 0.15) is 28.4 Å². The average Bonchev–Trinajstić information content (AvgIpc) is 2.75. The molecule has 0 unspecified atom stereocenters. The lowest BCUT2D eigenvalue weighted by molar-refractivity contribution is -0.384. The number of para-hydroxylation sites is 1. The van der Waals surface area contributed by atoms with E-state index in [1.54, 1.807) is 12.1 Å². The van der Waals surface area contributed by atoms with Gasteiger partial charge in [-0.25, -0.2) is 0 Å². The topological polar surface area (TPSA) is 96.7 Å². The lowest BCUT2D eigenvalue weighted by atomic mass is 10.1. The number of nitrogens with zero attached hydrogens (tertiary/aromatic N) is 2. The van der Waals surface area contributed by atoms with Crippen LogP contribution < -0.4 is 15.5 Å². The number of benzene rings is 2. The van der Waals surface area contributed by atoms with Crippen molar-refractivity contribution in [3.63, 3.8) is 0 Å². The SMILES string of the molecule is CCc1cccc(C)c1NC(=S)NC(=O)c1ccc(N2CCOCC2)c([N+](=O)[O-])c1. The second kappa shape index (κ2) is 9.64. The molecule has 0 spiro atoms. The number of carbonyl (C=O) groups excluding carboxylic acids is 1. The molecular weight excluding hydrogens is 404 g/mol. The monoisotopic (exact) mass is 428 g/mol. The van der Waals surface area contributed by atoms with Crippen molar-refractivity contribution >= 4 is 40.3 Å². The summed E-state index contributed by atoms with van der Waals surface area (Å²) in [6.45, 7) is 6.15. The number of aryl methyl sites for hydroxylation is 2. The standard InChI is InChI=1S/C21H24N4O4S/c1-3-15-6-4-5-14(2)19(15)22-21(30)23-20(26)16-7-8-17(18(13-16)25(27)28)24-9-11-29-12-10-24/h4-8,13H,3,9-12H2,1-2H3,(H2,22,23,26,30). The molecule has 2 N–H and O–H groups in total. The summed E-state index contributed by atoms with van der Waals surface area (Å²) >= 11 is 5.29. The number of nitro benzene ring substituents is 1. The third-order valence-corrected chi connectivity index (χ3v) is 5.20. The Balaban J connectivity index is 1.76. The molecule has 0 aromatic heterocycles. The molecule has 8 nitrogen and oxygen atoms in total. The van der Waals surface area contributed by atoms with Crippen molar-refractivity contribution in [1.29, 1.82) is 0 Å². The second-order valence-electron chi connectivity index (χ2n) is 6.93. The van der Waals surface area contributed by atoms with E-state index in [9.17, 15) is 14.9 Å². The molecule has 1 heterocycles. The molecule has 1 aliphatic heterocycles. The normalized spacial score (nSPS) is 13.6. The number of rotatable bonds is 5. The minimum absolute atomic E-state index is 0.115. The summed E-state index contributed by atoms with van der Waals surface area (Å²) in [5, 5.41) is 17.4. The molecule has 1 fully saturated rings. The van der Waals surface area contributed by atoms with E-state index in [0.717, 1.165) is 23.2 Å². The van der Waals surface area contributed by atoms with E-state index in [1.165, 1.54) is 6.07 Å². The van der Waals surface area contributed by atoms with E-state index < -0.39 is 10.8 Å². The van der Waals surface area contributed by atoms with Crippen molar-refractivity contribution in [1.82, 2.24) is 5.32 Å². The number of nitrogens with one attached hydrogen (secondary N) is 2. The van der Waals surface area contributed by atoms with Crippen molar-refractivity contribution in [2.24, 2.45) is 0 Å². The van der Waals surface area contributed by atoms with Gasteiger partial charge < -0.3 is 15.0 Å². The van der Waals surface area contributed by atoms with Crippen LogP contribution in [0.25, 0.3) is 0 Å². The number of ether oxygens (including phenoxy) is 1. The van der Waals surface area contributed by atoms with Gasteiger partial charge in [0.05, 0.1) is 18.1 Å². The minimum atomic E-state index is -0.504. The van der Waals surface area contributed by atoms with Crippen LogP contribution >= 0.6 is 12.2 Å². The summed E-state index contributed by atoms with van der Waals surface area (Å²) in [5.74, 6) is -0.504. The molecule has 2 aromatic rings. The molecule has 0 radical (unpaired) electrons. The molecule has 1 saturated heterocycles. The Hall–Kier alpha value is -3.04. The number of nitro groups is 1. The molecule has 30 heavy (non-hydrogen) atoms. The highest BCUT2D eigenvalue weighted by Crippen LogP contribution is 2.30. The second-order valence-corrected chi connectivity index (χ2v) is 7.34. The molecule has 158 valence electrons. The Labute approximate surface area is 180 Å². The Morgan fingerprint density at radius 1 is 1.27 bits per heavy atom. The van der Waals surface area contributed by atoms with Crippen molar-refractivity contribution in [2.45, 2.75) is 20.3 Å². The molecule has 3 rings (SSSR count). The third-order valence-electron chi connectivity index (χ3n) is 4.99. The lowest BCUT2D eigenvalue weighted by Gasteiger charge is -2.28. The largest absolute Gasteiger partial charge is 0.378 e. The zero-order valence-electron chi connectivity index (χ0n) is 16.9. The molecular formula is C21H24N4O4S. The van der Waals surface area contributed by atoms with Crippen molar-refractivity contribution in [3.05, 3.63) is 63.2 Å². The third kappa shape index (κ3) is 4.92. The van der Waals surface area contributed by atoms with Crippen LogP contribution in [0.2, 0.25) is 0 Å². The predicted molar refractivity (Wildman–Crippen MR) is 120 cm³/mol. The molecule has 0 atom stereocenters. The summed E-state index contributed by atoms with van der Waals surface area (Å²) < 4.78 is 5.30. The fraction of sp³-hybridized carbons (Fsp3) is 0.333. The summed E-state index contributed by atoms with van der Waals surface area (Å²) in [6, 6.07) is 10.4. The van der Waals surface area contributed by atoms with Gasteiger partial charge in [-0.15, -0.1) is 0 Å². The summed E-state index contributed by atoms with van der Waals surface area (Å²) in [7, 11) is 0. The van der Waals surface area contributed by atoms with E-state index in [1.807, 2.05) is 36.9 Å². The van der Waals surface area contributed by atoms with Gasteiger partial charge in [-0.05, 0) is 48.8 Å². The number of morpholine rings is 1. The van der Waals surface area contributed by atoms with Crippen LogP contribution in [0.5, 0.6) is 0 Å². The lowest BCUT2D eigenvalue weighted by Crippen LogP contribution is -2.37. The fourth-order valence-corrected chi connectivity index (χ4v) is 3.60. The number of amides is 1. The van der Waals surface area contributed by atoms with Crippen molar-refractivity contribution in [3.8, 4) is 0 Å². The van der Waals surface area contributed by atoms with Crippen LogP contribution in [0.3, 0.4) is 0 Å². The van der Waals surface area contributed by atoms with Gasteiger partial charge in [0.25, 0.3) is 11.6 Å². The van der Waals surface area contributed by atoms with Gasteiger partial charge in [-0.1, -0.05) is 25.1 Å². The fourth-order valence-electron chi connectivity index (χ4n) is 3.40. The quantitative estimate of drug-likeness (QED) is 0.428. The highest BCUT2D eigenvalue weighted by molar-refractivity contribution is 7.80. The zero-order chi connectivity index (χ0) is 21.7. The first kappa shape index (κ1) is 21.7. The first-order valence-corrected chi connectivity index (χ1v) is 10.1. The predicted octanol–water partition coefficient (Wildman–Crippen LogP) is 3.43. The molecule has 9 heteroatoms. The number of thiocarbonyl (C=S) groups is 1. The highest BCUT2D eigenvalue weighted by atomic mass is 32.1. The van der Waals surface area contributed by atoms with E-state index >= 15 is 0 Å². The van der Waals surface area contributed by atoms with Crippen LogP contribution in [-0.2, 0) is 11.2 Å². The maximum absolute atomic E-state index is 12.7. The summed E-state index contributed by atoms with van der Waals surface area (Å²) in [5.41, 5.74) is 3.49. The number of hydrogen-bond acceptors (Lipinski definition) is 6. The maximum atomic E-state index is 12.7. The molecule has 0 saturated carbocycles. The molecule has 2 aromatic carbocycles. The molecule has 0 aliphatic carbocycles. The smallest absolute Gasteiger partial charge is 0.293 e.